The summed E-state index contributed by atoms with van der Waals surface area (Å²) in [6.07, 6.45) is 3.09. The number of para-hydroxylation sites is 1. The molecule has 0 saturated carbocycles. The number of aromatic amines is 1. The molecule has 2 aromatic carbocycles. The van der Waals surface area contributed by atoms with E-state index in [2.05, 4.69) is 4.98 Å². The van der Waals surface area contributed by atoms with Gasteiger partial charge in [-0.15, -0.1) is 0 Å². The molecule has 0 fully saturated rings. The Balaban J connectivity index is 2.00. The summed E-state index contributed by atoms with van der Waals surface area (Å²) in [6, 6.07) is 12.0. The summed E-state index contributed by atoms with van der Waals surface area (Å²) in [4.78, 5) is 26.9. The monoisotopic (exact) mass is 336 g/mol. The largest absolute Gasteiger partial charge is 0.477 e. The predicted octanol–water partition coefficient (Wildman–Crippen LogP) is 3.37. The Hall–Kier alpha value is -3.41. The van der Waals surface area contributed by atoms with Crippen molar-refractivity contribution in [2.75, 3.05) is 0 Å². The van der Waals surface area contributed by atoms with Crippen LogP contribution in [-0.2, 0) is 6.54 Å². The molecule has 124 valence electrons. The highest BCUT2D eigenvalue weighted by atomic mass is 19.1. The van der Waals surface area contributed by atoms with E-state index in [9.17, 15) is 19.1 Å². The zero-order valence-corrected chi connectivity index (χ0v) is 13.0. The van der Waals surface area contributed by atoms with E-state index in [0.29, 0.717) is 12.1 Å². The Kier molecular flexibility index (Phi) is 3.39. The lowest BCUT2D eigenvalue weighted by Crippen LogP contribution is -2.20. The maximum Gasteiger partial charge on any atom is 0.341 e. The molecule has 5 nitrogen and oxygen atoms in total. The molecule has 0 aliphatic carbocycles. The van der Waals surface area contributed by atoms with E-state index in [4.69, 9.17) is 0 Å². The fourth-order valence-corrected chi connectivity index (χ4v) is 3.14. The first-order valence-corrected chi connectivity index (χ1v) is 7.66. The lowest BCUT2D eigenvalue weighted by molar-refractivity contribution is 0.0695. The number of aromatic carboxylic acids is 1. The van der Waals surface area contributed by atoms with E-state index in [-0.39, 0.29) is 5.39 Å². The van der Waals surface area contributed by atoms with Gasteiger partial charge in [-0.2, -0.15) is 0 Å². The van der Waals surface area contributed by atoms with Gasteiger partial charge < -0.3 is 14.7 Å². The summed E-state index contributed by atoms with van der Waals surface area (Å²) in [6.45, 7) is 0.304. The van der Waals surface area contributed by atoms with Crippen LogP contribution < -0.4 is 5.43 Å². The second kappa shape index (κ2) is 5.59. The molecular formula is C19H13FN2O3. The molecule has 4 rings (SSSR count). The van der Waals surface area contributed by atoms with Crippen LogP contribution in [-0.4, -0.2) is 20.6 Å². The average molecular weight is 336 g/mol. The number of benzene rings is 2. The molecule has 6 heteroatoms. The van der Waals surface area contributed by atoms with Gasteiger partial charge in [-0.05, 0) is 29.1 Å². The molecule has 25 heavy (non-hydrogen) atoms. The molecule has 0 aliphatic heterocycles. The number of halogens is 1. The van der Waals surface area contributed by atoms with Crippen molar-refractivity contribution in [3.8, 4) is 0 Å². The number of nitrogens with one attached hydrogen (secondary N) is 1. The number of carbonyl (C=O) groups is 1. The fraction of sp³-hybridized carbons (Fsp3) is 0.0526. The van der Waals surface area contributed by atoms with Crippen LogP contribution in [0.1, 0.15) is 15.9 Å². The molecule has 0 atom stereocenters. The van der Waals surface area contributed by atoms with Crippen molar-refractivity contribution < 1.29 is 14.3 Å². The van der Waals surface area contributed by atoms with Crippen molar-refractivity contribution in [1.82, 2.24) is 9.55 Å². The Labute approximate surface area is 141 Å². The molecule has 2 N–H and O–H groups in total. The van der Waals surface area contributed by atoms with Crippen LogP contribution in [0, 0.1) is 5.82 Å². The van der Waals surface area contributed by atoms with Crippen molar-refractivity contribution in [2.45, 2.75) is 6.54 Å². The minimum atomic E-state index is -1.37. The Morgan fingerprint density at radius 3 is 2.76 bits per heavy atom. The van der Waals surface area contributed by atoms with Crippen molar-refractivity contribution in [2.24, 2.45) is 0 Å². The normalized spacial score (nSPS) is 11.2. The Bertz CT molecular complexity index is 1190. The van der Waals surface area contributed by atoms with Crippen LogP contribution in [0.3, 0.4) is 0 Å². The SMILES string of the molecule is O=C(O)c1cn(Cc2cccc3cc[nH]c23)c2cccc(F)c2c1=O. The Morgan fingerprint density at radius 2 is 1.96 bits per heavy atom. The number of hydrogen-bond acceptors (Lipinski definition) is 2. The first kappa shape index (κ1) is 15.1. The lowest BCUT2D eigenvalue weighted by Gasteiger charge is -2.13. The van der Waals surface area contributed by atoms with Gasteiger partial charge in [0.25, 0.3) is 0 Å². The first-order valence-electron chi connectivity index (χ1n) is 7.66. The summed E-state index contributed by atoms with van der Waals surface area (Å²) in [7, 11) is 0. The van der Waals surface area contributed by atoms with Gasteiger partial charge in [0.2, 0.25) is 5.43 Å². The second-order valence-electron chi connectivity index (χ2n) is 5.80. The van der Waals surface area contributed by atoms with Crippen molar-refractivity contribution in [3.63, 3.8) is 0 Å². The lowest BCUT2D eigenvalue weighted by atomic mass is 10.1. The highest BCUT2D eigenvalue weighted by Crippen LogP contribution is 2.21. The standard InChI is InChI=1S/C19H13FN2O3/c20-14-5-2-6-15-16(14)18(23)13(19(24)25)10-22(15)9-12-4-1-3-11-7-8-21-17(11)12/h1-8,10,21H,9H2,(H,24,25). The number of H-pyrrole nitrogens is 1. The molecule has 0 unspecified atom stereocenters. The zero-order valence-electron chi connectivity index (χ0n) is 13.0. The van der Waals surface area contributed by atoms with Gasteiger partial charge in [0.15, 0.2) is 0 Å². The van der Waals surface area contributed by atoms with Gasteiger partial charge in [-0.1, -0.05) is 24.3 Å². The second-order valence-corrected chi connectivity index (χ2v) is 5.80. The number of aromatic nitrogens is 2. The van der Waals surface area contributed by atoms with Gasteiger partial charge in [0, 0.05) is 18.9 Å². The molecular weight excluding hydrogens is 323 g/mol. The minimum Gasteiger partial charge on any atom is -0.477 e. The molecule has 0 amide bonds. The number of fused-ring (bicyclic) bond motifs is 2. The highest BCUT2D eigenvalue weighted by molar-refractivity contribution is 5.93. The van der Waals surface area contributed by atoms with Crippen molar-refractivity contribution in [3.05, 3.63) is 82.0 Å². The van der Waals surface area contributed by atoms with E-state index in [0.717, 1.165) is 22.5 Å². The summed E-state index contributed by atoms with van der Waals surface area (Å²) in [5, 5.41) is 10.1. The van der Waals surface area contributed by atoms with Crippen LogP contribution in [0.5, 0.6) is 0 Å². The van der Waals surface area contributed by atoms with Crippen molar-refractivity contribution in [1.29, 1.82) is 0 Å². The smallest absolute Gasteiger partial charge is 0.341 e. The molecule has 2 aromatic heterocycles. The third-order valence-corrected chi connectivity index (χ3v) is 4.30. The van der Waals surface area contributed by atoms with Crippen LogP contribution >= 0.6 is 0 Å². The van der Waals surface area contributed by atoms with Gasteiger partial charge in [0.05, 0.1) is 16.4 Å². The Morgan fingerprint density at radius 1 is 1.16 bits per heavy atom. The van der Waals surface area contributed by atoms with E-state index < -0.39 is 22.8 Å². The molecule has 2 heterocycles. The third kappa shape index (κ3) is 2.39. The minimum absolute atomic E-state index is 0.207. The number of carboxylic acid groups (broad SMARTS) is 1. The number of carboxylic acids is 1. The van der Waals surface area contributed by atoms with Gasteiger partial charge in [-0.3, -0.25) is 4.79 Å². The number of hydrogen-bond donors (Lipinski definition) is 2. The van der Waals surface area contributed by atoms with E-state index in [1.165, 1.54) is 12.3 Å². The predicted molar refractivity (Wildman–Crippen MR) is 92.5 cm³/mol. The summed E-state index contributed by atoms with van der Waals surface area (Å²) in [5.74, 6) is -2.10. The number of rotatable bonds is 3. The maximum atomic E-state index is 14.2. The molecule has 4 aromatic rings. The van der Waals surface area contributed by atoms with Crippen LogP contribution in [0.2, 0.25) is 0 Å². The third-order valence-electron chi connectivity index (χ3n) is 4.30. The van der Waals surface area contributed by atoms with Crippen LogP contribution in [0.15, 0.2) is 59.7 Å². The first-order chi connectivity index (χ1) is 12.1. The van der Waals surface area contributed by atoms with Crippen LogP contribution in [0.25, 0.3) is 21.8 Å². The van der Waals surface area contributed by atoms with E-state index >= 15 is 0 Å². The van der Waals surface area contributed by atoms with Gasteiger partial charge in [-0.25, -0.2) is 9.18 Å². The summed E-state index contributed by atoms with van der Waals surface area (Å²) >= 11 is 0. The van der Waals surface area contributed by atoms with Gasteiger partial charge >= 0.3 is 5.97 Å². The number of pyridine rings is 1. The quantitative estimate of drug-likeness (QED) is 0.602. The molecule has 0 saturated heterocycles. The van der Waals surface area contributed by atoms with Crippen LogP contribution in [0.4, 0.5) is 4.39 Å². The average Bonchev–Trinajstić information content (AvgIpc) is 3.06. The maximum absolute atomic E-state index is 14.2. The fourth-order valence-electron chi connectivity index (χ4n) is 3.14. The summed E-state index contributed by atoms with van der Waals surface area (Å²) in [5.41, 5.74) is 0.931. The topological polar surface area (TPSA) is 75.1 Å². The molecule has 0 spiro atoms. The van der Waals surface area contributed by atoms with E-state index in [1.54, 1.807) is 10.6 Å². The van der Waals surface area contributed by atoms with E-state index in [1.807, 2.05) is 30.5 Å². The zero-order chi connectivity index (χ0) is 17.6. The number of nitrogens with zero attached hydrogens (tertiary/aromatic N) is 1. The molecule has 0 bridgehead atoms. The molecule has 0 aliphatic rings. The van der Waals surface area contributed by atoms with Gasteiger partial charge in [0.1, 0.15) is 11.4 Å². The van der Waals surface area contributed by atoms with Crippen molar-refractivity contribution >= 4 is 27.8 Å². The highest BCUT2D eigenvalue weighted by Gasteiger charge is 2.17. The summed E-state index contributed by atoms with van der Waals surface area (Å²) < 4.78 is 15.8. The molecule has 0 radical (unpaired) electrons.